The molecule has 1 rings (SSSR count). The van der Waals surface area contributed by atoms with Crippen LogP contribution in [0, 0.1) is 0 Å². The maximum absolute atomic E-state index is 11.5. The molecule has 0 saturated heterocycles. The van der Waals surface area contributed by atoms with Gasteiger partial charge in [-0.15, -0.1) is 0 Å². The van der Waals surface area contributed by atoms with E-state index in [9.17, 15) is 4.79 Å². The highest BCUT2D eigenvalue weighted by molar-refractivity contribution is 6.48. The van der Waals surface area contributed by atoms with Gasteiger partial charge in [-0.3, -0.25) is 0 Å². The van der Waals surface area contributed by atoms with E-state index in [1.165, 1.54) is 13.0 Å². The Balaban J connectivity index is 3.24. The Morgan fingerprint density at radius 3 is 2.44 bits per heavy atom. The van der Waals surface area contributed by atoms with E-state index in [-0.39, 0.29) is 32.1 Å². The predicted molar refractivity (Wildman–Crippen MR) is 73.1 cm³/mol. The lowest BCUT2D eigenvalue weighted by atomic mass is 10.3. The lowest BCUT2D eigenvalue weighted by Gasteiger charge is -2.13. The van der Waals surface area contributed by atoms with Gasteiger partial charge in [-0.25, -0.2) is 4.79 Å². The Morgan fingerprint density at radius 1 is 1.33 bits per heavy atom. The average molecular weight is 310 g/mol. The Bertz CT molecular complexity index is 498. The van der Waals surface area contributed by atoms with Crippen LogP contribution in [0.3, 0.4) is 0 Å². The zero-order valence-corrected chi connectivity index (χ0v) is 12.1. The molecule has 0 aliphatic carbocycles. The minimum atomic E-state index is -0.592. The summed E-state index contributed by atoms with van der Waals surface area (Å²) < 4.78 is 10.4. The average Bonchev–Trinajstić information content (AvgIpc) is 2.31. The maximum atomic E-state index is 11.5. The molecule has 6 heteroatoms. The van der Waals surface area contributed by atoms with E-state index < -0.39 is 5.97 Å². The summed E-state index contributed by atoms with van der Waals surface area (Å²) in [6.07, 6.45) is 0. The monoisotopic (exact) mass is 308 g/mol. The number of benzene rings is 1. The minimum Gasteiger partial charge on any atom is -0.488 e. The van der Waals surface area contributed by atoms with Crippen molar-refractivity contribution in [1.82, 2.24) is 0 Å². The van der Waals surface area contributed by atoms with Gasteiger partial charge in [-0.05, 0) is 13.8 Å². The summed E-state index contributed by atoms with van der Waals surface area (Å²) in [7, 11) is 0. The molecule has 0 N–H and O–H groups in total. The molecule has 0 radical (unpaired) electrons. The fraction of sp³-hybridized carbons (Fsp3) is 0.250. The molecule has 0 saturated carbocycles. The summed E-state index contributed by atoms with van der Waals surface area (Å²) in [5, 5.41) is 0.432. The van der Waals surface area contributed by atoms with Gasteiger partial charge in [0, 0.05) is 11.6 Å². The summed E-state index contributed by atoms with van der Waals surface area (Å²) in [6, 6.07) is 1.38. The van der Waals surface area contributed by atoms with Crippen molar-refractivity contribution < 1.29 is 14.3 Å². The van der Waals surface area contributed by atoms with Gasteiger partial charge in [0.05, 0.1) is 16.7 Å². The van der Waals surface area contributed by atoms with E-state index in [0.717, 1.165) is 0 Å². The smallest absolute Gasteiger partial charge is 0.338 e. The van der Waals surface area contributed by atoms with Crippen LogP contribution < -0.4 is 9.47 Å². The third-order valence-corrected chi connectivity index (χ3v) is 3.17. The van der Waals surface area contributed by atoms with Crippen molar-refractivity contribution in [2.75, 3.05) is 6.61 Å². The second-order valence-electron chi connectivity index (χ2n) is 3.42. The van der Waals surface area contributed by atoms with Gasteiger partial charge in [0.1, 0.15) is 5.02 Å². The topological polar surface area (TPSA) is 35.5 Å². The number of hydrogen-bond donors (Lipinski definition) is 0. The van der Waals surface area contributed by atoms with Crippen molar-refractivity contribution in [3.8, 4) is 11.5 Å². The number of ether oxygens (including phenoxy) is 2. The van der Waals surface area contributed by atoms with Crippen LogP contribution in [0.5, 0.6) is 11.5 Å². The van der Waals surface area contributed by atoms with E-state index in [1.807, 2.05) is 0 Å². The highest BCUT2D eigenvalue weighted by Gasteiger charge is 2.19. The largest absolute Gasteiger partial charge is 0.488 e. The van der Waals surface area contributed by atoms with Gasteiger partial charge < -0.3 is 9.47 Å². The summed E-state index contributed by atoms with van der Waals surface area (Å²) in [6.45, 7) is 7.12. The van der Waals surface area contributed by atoms with Crippen LogP contribution in [0.1, 0.15) is 13.8 Å². The first kappa shape index (κ1) is 15.2. The lowest BCUT2D eigenvalue weighted by molar-refractivity contribution is -0.130. The number of carbonyl (C=O) groups excluding carboxylic acids is 1. The molecule has 0 heterocycles. The molecular formula is C12H11Cl3O3. The Morgan fingerprint density at radius 2 is 1.94 bits per heavy atom. The SMILES string of the molecule is C=C(C)C(=O)Oc1cc(Cl)c(Cl)c(Cl)c1OCC. The third kappa shape index (κ3) is 3.31. The zero-order chi connectivity index (χ0) is 13.9. The highest BCUT2D eigenvalue weighted by Crippen LogP contribution is 2.44. The first-order valence-corrected chi connectivity index (χ1v) is 6.19. The summed E-state index contributed by atoms with van der Waals surface area (Å²) in [5.74, 6) is -0.294. The molecule has 0 aromatic heterocycles. The standard InChI is InChI=1S/C12H11Cl3O3/c1-4-17-11-8(18-12(16)6(2)3)5-7(13)9(14)10(11)15/h5H,2,4H2,1,3H3. The number of halogens is 3. The minimum absolute atomic E-state index is 0.107. The van der Waals surface area contributed by atoms with Crippen molar-refractivity contribution >= 4 is 40.8 Å². The van der Waals surface area contributed by atoms with Crippen molar-refractivity contribution in [1.29, 1.82) is 0 Å². The van der Waals surface area contributed by atoms with E-state index in [4.69, 9.17) is 44.3 Å². The van der Waals surface area contributed by atoms with Gasteiger partial charge in [-0.1, -0.05) is 41.4 Å². The van der Waals surface area contributed by atoms with E-state index in [2.05, 4.69) is 6.58 Å². The van der Waals surface area contributed by atoms with Crippen molar-refractivity contribution in [2.45, 2.75) is 13.8 Å². The normalized spacial score (nSPS) is 10.1. The van der Waals surface area contributed by atoms with Crippen molar-refractivity contribution in [3.63, 3.8) is 0 Å². The number of rotatable bonds is 4. The number of carbonyl (C=O) groups is 1. The molecule has 0 bridgehead atoms. The maximum Gasteiger partial charge on any atom is 0.338 e. The Labute approximate surface area is 120 Å². The first-order chi connectivity index (χ1) is 8.38. The van der Waals surface area contributed by atoms with Crippen molar-refractivity contribution in [3.05, 3.63) is 33.3 Å². The number of esters is 1. The lowest BCUT2D eigenvalue weighted by Crippen LogP contribution is -2.10. The van der Waals surface area contributed by atoms with Crippen molar-refractivity contribution in [2.24, 2.45) is 0 Å². The van der Waals surface area contributed by atoms with Gasteiger partial charge in [0.25, 0.3) is 0 Å². The molecule has 0 aliphatic rings. The predicted octanol–water partition coefficient (Wildman–Crippen LogP) is 4.53. The van der Waals surface area contributed by atoms with Crippen LogP contribution in [0.25, 0.3) is 0 Å². The van der Waals surface area contributed by atoms with E-state index in [0.29, 0.717) is 6.61 Å². The summed E-state index contributed by atoms with van der Waals surface area (Å²) in [5.41, 5.74) is 0.250. The molecule has 1 aromatic carbocycles. The molecule has 3 nitrogen and oxygen atoms in total. The molecule has 18 heavy (non-hydrogen) atoms. The van der Waals surface area contributed by atoms with Crippen LogP contribution in [0.15, 0.2) is 18.2 Å². The molecule has 98 valence electrons. The van der Waals surface area contributed by atoms with Crippen LogP contribution in [-0.4, -0.2) is 12.6 Å². The van der Waals surface area contributed by atoms with Crippen LogP contribution >= 0.6 is 34.8 Å². The highest BCUT2D eigenvalue weighted by atomic mass is 35.5. The quantitative estimate of drug-likeness (QED) is 0.355. The van der Waals surface area contributed by atoms with Gasteiger partial charge in [-0.2, -0.15) is 0 Å². The molecule has 1 aromatic rings. The van der Waals surface area contributed by atoms with E-state index >= 15 is 0 Å². The second kappa shape index (κ2) is 6.32. The molecular weight excluding hydrogens is 298 g/mol. The Kier molecular flexibility index (Phi) is 5.32. The second-order valence-corrected chi connectivity index (χ2v) is 4.58. The fourth-order valence-corrected chi connectivity index (χ4v) is 1.73. The molecule has 0 aliphatic heterocycles. The van der Waals surface area contributed by atoms with Gasteiger partial charge >= 0.3 is 5.97 Å². The third-order valence-electron chi connectivity index (χ3n) is 1.92. The summed E-state index contributed by atoms with van der Waals surface area (Å²) in [4.78, 5) is 11.5. The van der Waals surface area contributed by atoms with E-state index in [1.54, 1.807) is 6.92 Å². The van der Waals surface area contributed by atoms with Crippen LogP contribution in [-0.2, 0) is 4.79 Å². The van der Waals surface area contributed by atoms with Crippen LogP contribution in [0.4, 0.5) is 0 Å². The number of hydrogen-bond acceptors (Lipinski definition) is 3. The van der Waals surface area contributed by atoms with Gasteiger partial charge in [0.15, 0.2) is 11.5 Å². The van der Waals surface area contributed by atoms with Gasteiger partial charge in [0.2, 0.25) is 0 Å². The molecule has 0 spiro atoms. The van der Waals surface area contributed by atoms with Crippen LogP contribution in [0.2, 0.25) is 15.1 Å². The molecule has 0 unspecified atom stereocenters. The molecule has 0 amide bonds. The molecule has 0 fully saturated rings. The fourth-order valence-electron chi connectivity index (χ4n) is 1.10. The molecule has 0 atom stereocenters. The zero-order valence-electron chi connectivity index (χ0n) is 9.85. The Hall–Kier alpha value is -0.900. The summed E-state index contributed by atoms with van der Waals surface area (Å²) >= 11 is 17.7. The first-order valence-electron chi connectivity index (χ1n) is 5.06.